The lowest BCUT2D eigenvalue weighted by atomic mass is 9.85. The summed E-state index contributed by atoms with van der Waals surface area (Å²) in [4.78, 5) is 35.7. The second-order valence-electron chi connectivity index (χ2n) is 16.0. The molecule has 3 unspecified atom stereocenters. The molecule has 0 heterocycles. The number of aliphatic hydroxyl groups is 6. The van der Waals surface area contributed by atoms with Gasteiger partial charge >= 0.3 is 19.8 Å². The Kier molecular flexibility index (Phi) is 35.1. The molecule has 0 saturated heterocycles. The summed E-state index contributed by atoms with van der Waals surface area (Å²) in [5.41, 5.74) is 0. The van der Waals surface area contributed by atoms with Crippen LogP contribution in [-0.4, -0.2) is 110 Å². The minimum atomic E-state index is -5.14. The van der Waals surface area contributed by atoms with Gasteiger partial charge in [0.25, 0.3) is 0 Å². The van der Waals surface area contributed by atoms with Crippen molar-refractivity contribution in [3.8, 4) is 0 Å². The van der Waals surface area contributed by atoms with Gasteiger partial charge in [-0.15, -0.1) is 0 Å². The van der Waals surface area contributed by atoms with Crippen molar-refractivity contribution in [3.05, 3.63) is 60.8 Å². The normalized spacial score (nSPS) is 22.4. The van der Waals surface area contributed by atoms with E-state index < -0.39 is 75.7 Å². The number of ether oxygens (including phenoxy) is 2. The summed E-state index contributed by atoms with van der Waals surface area (Å²) in [6, 6.07) is 0. The predicted octanol–water partition coefficient (Wildman–Crippen LogP) is 7.92. The second-order valence-corrected chi connectivity index (χ2v) is 17.4. The summed E-state index contributed by atoms with van der Waals surface area (Å²) >= 11 is 0. The van der Waals surface area contributed by atoms with Crippen LogP contribution in [0.5, 0.6) is 0 Å². The summed E-state index contributed by atoms with van der Waals surface area (Å²) in [5.74, 6) is -1.19. The molecule has 14 nitrogen and oxygen atoms in total. The number of phosphoric acid groups is 1. The van der Waals surface area contributed by atoms with Gasteiger partial charge in [-0.05, 0) is 83.5 Å². The predicted molar refractivity (Wildman–Crippen MR) is 241 cm³/mol. The van der Waals surface area contributed by atoms with Gasteiger partial charge in [0.15, 0.2) is 6.10 Å². The van der Waals surface area contributed by atoms with Crippen molar-refractivity contribution in [1.29, 1.82) is 0 Å². The quantitative estimate of drug-likeness (QED) is 0.0135. The lowest BCUT2D eigenvalue weighted by molar-refractivity contribution is -0.220. The first-order valence-corrected chi connectivity index (χ1v) is 24.7. The van der Waals surface area contributed by atoms with Crippen molar-refractivity contribution in [3.63, 3.8) is 0 Å². The molecule has 0 bridgehead atoms. The highest BCUT2D eigenvalue weighted by Gasteiger charge is 2.51. The average Bonchev–Trinajstić information content (AvgIpc) is 3.25. The molecular weight excluding hydrogens is 819 g/mol. The topological polar surface area (TPSA) is 230 Å². The minimum Gasteiger partial charge on any atom is -0.462 e. The molecule has 0 amide bonds. The van der Waals surface area contributed by atoms with E-state index >= 15 is 0 Å². The molecule has 0 aromatic rings. The Morgan fingerprint density at radius 2 is 0.952 bits per heavy atom. The van der Waals surface area contributed by atoms with Gasteiger partial charge < -0.3 is 45.0 Å². The number of hydrogen-bond donors (Lipinski definition) is 7. The Balaban J connectivity index is 2.51. The average molecular weight is 901 g/mol. The molecule has 0 aromatic heterocycles. The van der Waals surface area contributed by atoms with Crippen LogP contribution in [0.15, 0.2) is 60.8 Å². The first-order valence-electron chi connectivity index (χ1n) is 23.2. The van der Waals surface area contributed by atoms with Gasteiger partial charge in [0.1, 0.15) is 43.2 Å². The highest BCUT2D eigenvalue weighted by Crippen LogP contribution is 2.47. The van der Waals surface area contributed by atoms with Crippen LogP contribution in [0.2, 0.25) is 0 Å². The lowest BCUT2D eigenvalue weighted by Gasteiger charge is -2.41. The number of esters is 2. The van der Waals surface area contributed by atoms with Crippen LogP contribution in [0.4, 0.5) is 0 Å². The zero-order valence-corrected chi connectivity index (χ0v) is 38.2. The monoisotopic (exact) mass is 901 g/mol. The largest absolute Gasteiger partial charge is 0.472 e. The Hall–Kier alpha value is -2.49. The molecule has 1 saturated carbocycles. The molecule has 1 aliphatic carbocycles. The van der Waals surface area contributed by atoms with Crippen LogP contribution in [0, 0.1) is 0 Å². The summed E-state index contributed by atoms with van der Waals surface area (Å²) in [6.45, 7) is 1.24. The van der Waals surface area contributed by atoms with Crippen molar-refractivity contribution in [2.45, 2.75) is 204 Å². The number of unbranched alkanes of at least 4 members (excludes halogenated alkanes) is 15. The fourth-order valence-corrected chi connectivity index (χ4v) is 7.58. The number of allylic oxidation sites excluding steroid dienone is 10. The van der Waals surface area contributed by atoms with E-state index in [1.165, 1.54) is 38.5 Å². The van der Waals surface area contributed by atoms with Crippen molar-refractivity contribution >= 4 is 19.8 Å². The smallest absolute Gasteiger partial charge is 0.462 e. The maximum atomic E-state index is 12.8. The Labute approximate surface area is 371 Å². The number of aliphatic hydroxyl groups excluding tert-OH is 6. The molecule has 15 heteroatoms. The molecule has 0 aromatic carbocycles. The number of carbonyl (C=O) groups excluding carboxylic acids is 2. The van der Waals surface area contributed by atoms with E-state index in [0.717, 1.165) is 83.5 Å². The molecule has 1 fully saturated rings. The summed E-state index contributed by atoms with van der Waals surface area (Å²) < 4.78 is 33.4. The third-order valence-corrected chi connectivity index (χ3v) is 11.4. The highest BCUT2D eigenvalue weighted by atomic mass is 31.2. The van der Waals surface area contributed by atoms with E-state index in [1.54, 1.807) is 0 Å². The maximum Gasteiger partial charge on any atom is 0.472 e. The standard InChI is InChI=1S/C47H81O14P/c1-2-3-4-5-6-7-8-9-13-16-19-22-25-28-31-34-40(49)58-37-39(38-59-62(56,57)61-47-45(54)43(52)42(51)44(53)46(47)55)60-41(50)35-32-29-26-23-20-17-14-11-10-12-15-18-21-24-27-30-33-36-48/h9-10,12-14,17-18,21,23,26,39,42-48,51-55H,2-8,11,15-16,19-20,22,24-25,27-38H2,1H3,(H,56,57)/b12-10-,13-9-,17-14-,21-18-,26-23-/t39-,42?,43-,44+,45-,46-,47?/m1/s1. The van der Waals surface area contributed by atoms with Crippen LogP contribution >= 0.6 is 7.82 Å². The van der Waals surface area contributed by atoms with Crippen molar-refractivity contribution in [2.24, 2.45) is 0 Å². The maximum absolute atomic E-state index is 12.8. The third kappa shape index (κ3) is 29.8. The van der Waals surface area contributed by atoms with Gasteiger partial charge in [0.05, 0.1) is 6.61 Å². The molecule has 1 aliphatic rings. The summed E-state index contributed by atoms with van der Waals surface area (Å²) in [6.07, 6.45) is 30.0. The first kappa shape index (κ1) is 57.5. The van der Waals surface area contributed by atoms with Crippen LogP contribution < -0.4 is 0 Å². The Bertz CT molecular complexity index is 1320. The van der Waals surface area contributed by atoms with Crippen LogP contribution in [-0.2, 0) is 32.7 Å². The van der Waals surface area contributed by atoms with Crippen LogP contribution in [0.3, 0.4) is 0 Å². The van der Waals surface area contributed by atoms with E-state index in [1.807, 2.05) is 12.2 Å². The van der Waals surface area contributed by atoms with E-state index in [9.17, 15) is 44.6 Å². The van der Waals surface area contributed by atoms with E-state index in [-0.39, 0.29) is 19.4 Å². The molecular formula is C47H81O14P. The second kappa shape index (κ2) is 37.8. The molecule has 7 N–H and O–H groups in total. The fourth-order valence-electron chi connectivity index (χ4n) is 6.61. The molecule has 0 spiro atoms. The van der Waals surface area contributed by atoms with Crippen molar-refractivity contribution < 1.29 is 68.2 Å². The molecule has 8 atom stereocenters. The zero-order valence-electron chi connectivity index (χ0n) is 37.3. The number of hydrogen-bond acceptors (Lipinski definition) is 13. The molecule has 62 heavy (non-hydrogen) atoms. The van der Waals surface area contributed by atoms with E-state index in [0.29, 0.717) is 19.3 Å². The van der Waals surface area contributed by atoms with E-state index in [4.69, 9.17) is 23.6 Å². The highest BCUT2D eigenvalue weighted by molar-refractivity contribution is 7.47. The van der Waals surface area contributed by atoms with Crippen LogP contribution in [0.25, 0.3) is 0 Å². The number of carbonyl (C=O) groups is 2. The minimum absolute atomic E-state index is 0.00723. The van der Waals surface area contributed by atoms with Crippen molar-refractivity contribution in [2.75, 3.05) is 19.8 Å². The summed E-state index contributed by atoms with van der Waals surface area (Å²) in [7, 11) is -5.14. The van der Waals surface area contributed by atoms with E-state index in [2.05, 4.69) is 55.5 Å². The molecule has 0 radical (unpaired) electrons. The summed E-state index contributed by atoms with van der Waals surface area (Å²) in [5, 5.41) is 58.9. The molecule has 0 aliphatic heterocycles. The number of phosphoric ester groups is 1. The van der Waals surface area contributed by atoms with Gasteiger partial charge in [0, 0.05) is 19.4 Å². The van der Waals surface area contributed by atoms with Gasteiger partial charge in [-0.2, -0.15) is 0 Å². The molecule has 1 rings (SSSR count). The first-order chi connectivity index (χ1) is 29.9. The Morgan fingerprint density at radius 3 is 1.48 bits per heavy atom. The Morgan fingerprint density at radius 1 is 0.532 bits per heavy atom. The lowest BCUT2D eigenvalue weighted by Crippen LogP contribution is -2.64. The molecule has 358 valence electrons. The number of rotatable bonds is 38. The zero-order chi connectivity index (χ0) is 45.7. The van der Waals surface area contributed by atoms with Crippen LogP contribution in [0.1, 0.15) is 161 Å². The fraction of sp³-hybridized carbons (Fsp3) is 0.745. The third-order valence-electron chi connectivity index (χ3n) is 10.4. The van der Waals surface area contributed by atoms with Gasteiger partial charge in [-0.25, -0.2) is 4.57 Å². The van der Waals surface area contributed by atoms with Gasteiger partial charge in [-0.3, -0.25) is 18.6 Å². The SMILES string of the molecule is CCCCCCCC/C=C\CCCCCCCC(=O)OC[C@H](COP(=O)(O)OC1[C@H](O)[C@H](O)C(O)[C@H](O)[C@H]1O)OC(=O)CCC/C=C\C/C=C\C/C=C\C/C=C\CCCCCO. The van der Waals surface area contributed by atoms with Gasteiger partial charge in [-0.1, -0.05) is 125 Å². The van der Waals surface area contributed by atoms with Crippen molar-refractivity contribution in [1.82, 2.24) is 0 Å². The van der Waals surface area contributed by atoms with Gasteiger partial charge in [0.2, 0.25) is 0 Å².